The molecule has 0 aromatic carbocycles. The second kappa shape index (κ2) is 7.99. The molecule has 0 aliphatic carbocycles. The van der Waals surface area contributed by atoms with Crippen LogP contribution in [-0.4, -0.2) is 49.2 Å². The third-order valence-electron chi connectivity index (χ3n) is 4.05. The zero-order valence-corrected chi connectivity index (χ0v) is 13.9. The molecule has 4 nitrogen and oxygen atoms in total. The first-order valence-corrected chi connectivity index (χ1v) is 7.99. The summed E-state index contributed by atoms with van der Waals surface area (Å²) in [4.78, 5) is 14.4. The van der Waals surface area contributed by atoms with Crippen LogP contribution < -0.4 is 5.32 Å². The third kappa shape index (κ3) is 6.23. The number of carbonyl (C=O) groups is 1. The van der Waals surface area contributed by atoms with E-state index >= 15 is 0 Å². The van der Waals surface area contributed by atoms with Crippen molar-refractivity contribution in [2.45, 2.75) is 66.0 Å². The second-order valence-corrected chi connectivity index (χ2v) is 6.92. The van der Waals surface area contributed by atoms with Gasteiger partial charge in [-0.2, -0.15) is 0 Å². The van der Waals surface area contributed by atoms with Crippen LogP contribution >= 0.6 is 0 Å². The standard InChI is InChI=1S/C16H32N2O2/c1-6-20-15(19)14(17-13(2)3)7-10-18-11-8-16(4,5)9-12-18/h13-14,17H,6-12H2,1-5H3. The molecular formula is C16H32N2O2. The smallest absolute Gasteiger partial charge is 0.323 e. The fraction of sp³-hybridized carbons (Fsp3) is 0.938. The van der Waals surface area contributed by atoms with Gasteiger partial charge in [0.2, 0.25) is 0 Å². The molecule has 0 saturated carbocycles. The molecule has 1 N–H and O–H groups in total. The highest BCUT2D eigenvalue weighted by molar-refractivity contribution is 5.75. The Hall–Kier alpha value is -0.610. The number of likely N-dealkylation sites (tertiary alicyclic amines) is 1. The fourth-order valence-corrected chi connectivity index (χ4v) is 2.61. The number of ether oxygens (including phenoxy) is 1. The van der Waals surface area contributed by atoms with Gasteiger partial charge in [-0.3, -0.25) is 4.79 Å². The molecule has 1 aliphatic heterocycles. The van der Waals surface area contributed by atoms with Crippen LogP contribution in [-0.2, 0) is 9.53 Å². The predicted octanol–water partition coefficient (Wildman–Crippen LogP) is 2.43. The first kappa shape index (κ1) is 17.4. The van der Waals surface area contributed by atoms with Crippen molar-refractivity contribution in [3.63, 3.8) is 0 Å². The molecule has 0 aromatic heterocycles. The Morgan fingerprint density at radius 2 is 1.90 bits per heavy atom. The Bertz CT molecular complexity index is 293. The lowest BCUT2D eigenvalue weighted by atomic mass is 9.82. The minimum Gasteiger partial charge on any atom is -0.465 e. The molecule has 118 valence electrons. The summed E-state index contributed by atoms with van der Waals surface area (Å²) >= 11 is 0. The van der Waals surface area contributed by atoms with Crippen molar-refractivity contribution >= 4 is 5.97 Å². The number of nitrogens with zero attached hydrogens (tertiary/aromatic N) is 1. The van der Waals surface area contributed by atoms with Crippen LogP contribution in [0.3, 0.4) is 0 Å². The van der Waals surface area contributed by atoms with Gasteiger partial charge in [-0.15, -0.1) is 0 Å². The second-order valence-electron chi connectivity index (χ2n) is 6.92. The van der Waals surface area contributed by atoms with Crippen molar-refractivity contribution in [2.75, 3.05) is 26.2 Å². The SMILES string of the molecule is CCOC(=O)C(CCN1CCC(C)(C)CC1)NC(C)C. The Balaban J connectivity index is 2.40. The minimum atomic E-state index is -0.176. The van der Waals surface area contributed by atoms with Gasteiger partial charge in [0.05, 0.1) is 6.61 Å². The number of nitrogens with one attached hydrogen (secondary N) is 1. The molecule has 0 radical (unpaired) electrons. The number of esters is 1. The van der Waals surface area contributed by atoms with Gasteiger partial charge in [-0.05, 0) is 44.7 Å². The molecule has 1 aliphatic rings. The van der Waals surface area contributed by atoms with E-state index in [1.807, 2.05) is 6.92 Å². The van der Waals surface area contributed by atoms with Gasteiger partial charge in [0.25, 0.3) is 0 Å². The molecule has 1 fully saturated rings. The lowest BCUT2D eigenvalue weighted by Crippen LogP contribution is -2.45. The van der Waals surface area contributed by atoms with Gasteiger partial charge in [0.15, 0.2) is 0 Å². The number of hydrogen-bond donors (Lipinski definition) is 1. The summed E-state index contributed by atoms with van der Waals surface area (Å²) in [7, 11) is 0. The first-order chi connectivity index (χ1) is 9.34. The van der Waals surface area contributed by atoms with Gasteiger partial charge >= 0.3 is 5.97 Å². The summed E-state index contributed by atoms with van der Waals surface area (Å²) in [5, 5.41) is 3.32. The van der Waals surface area contributed by atoms with Gasteiger partial charge in [0, 0.05) is 12.6 Å². The lowest BCUT2D eigenvalue weighted by molar-refractivity contribution is -0.146. The maximum Gasteiger partial charge on any atom is 0.323 e. The summed E-state index contributed by atoms with van der Waals surface area (Å²) < 4.78 is 5.16. The molecule has 0 amide bonds. The zero-order valence-electron chi connectivity index (χ0n) is 13.9. The number of hydrogen-bond acceptors (Lipinski definition) is 4. The average Bonchev–Trinajstić information content (AvgIpc) is 2.35. The van der Waals surface area contributed by atoms with E-state index < -0.39 is 0 Å². The van der Waals surface area contributed by atoms with E-state index in [-0.39, 0.29) is 12.0 Å². The maximum absolute atomic E-state index is 12.0. The quantitative estimate of drug-likeness (QED) is 0.729. The van der Waals surface area contributed by atoms with Gasteiger partial charge < -0.3 is 15.0 Å². The number of carbonyl (C=O) groups excluding carboxylic acids is 1. The predicted molar refractivity (Wildman–Crippen MR) is 82.8 cm³/mol. The van der Waals surface area contributed by atoms with Crippen molar-refractivity contribution in [3.05, 3.63) is 0 Å². The normalized spacial score (nSPS) is 20.9. The van der Waals surface area contributed by atoms with Gasteiger partial charge in [-0.1, -0.05) is 27.7 Å². The topological polar surface area (TPSA) is 41.6 Å². The van der Waals surface area contributed by atoms with Crippen LogP contribution in [0.4, 0.5) is 0 Å². The van der Waals surface area contributed by atoms with Crippen molar-refractivity contribution in [1.29, 1.82) is 0 Å². The summed E-state index contributed by atoms with van der Waals surface area (Å²) in [6.07, 6.45) is 3.32. The van der Waals surface area contributed by atoms with E-state index in [0.29, 0.717) is 18.1 Å². The van der Waals surface area contributed by atoms with E-state index in [4.69, 9.17) is 4.74 Å². The fourth-order valence-electron chi connectivity index (χ4n) is 2.61. The van der Waals surface area contributed by atoms with Gasteiger partial charge in [-0.25, -0.2) is 0 Å². The monoisotopic (exact) mass is 284 g/mol. The largest absolute Gasteiger partial charge is 0.465 e. The van der Waals surface area contributed by atoms with Crippen LogP contribution in [0.1, 0.15) is 53.9 Å². The zero-order chi connectivity index (χ0) is 15.2. The number of rotatable bonds is 7. The highest BCUT2D eigenvalue weighted by Gasteiger charge is 2.27. The molecule has 20 heavy (non-hydrogen) atoms. The first-order valence-electron chi connectivity index (χ1n) is 7.99. The van der Waals surface area contributed by atoms with Crippen molar-refractivity contribution in [2.24, 2.45) is 5.41 Å². The molecule has 0 aromatic rings. The molecular weight excluding hydrogens is 252 g/mol. The van der Waals surface area contributed by atoms with Gasteiger partial charge in [0.1, 0.15) is 6.04 Å². The highest BCUT2D eigenvalue weighted by atomic mass is 16.5. The van der Waals surface area contributed by atoms with Crippen LogP contribution in [0.2, 0.25) is 0 Å². The van der Waals surface area contributed by atoms with Crippen molar-refractivity contribution in [1.82, 2.24) is 10.2 Å². The van der Waals surface area contributed by atoms with E-state index in [1.165, 1.54) is 12.8 Å². The maximum atomic E-state index is 12.0. The lowest BCUT2D eigenvalue weighted by Gasteiger charge is -2.37. The molecule has 1 atom stereocenters. The molecule has 1 rings (SSSR count). The van der Waals surface area contributed by atoms with E-state index in [1.54, 1.807) is 0 Å². The molecule has 1 unspecified atom stereocenters. The molecule has 0 bridgehead atoms. The van der Waals surface area contributed by atoms with Crippen LogP contribution in [0.25, 0.3) is 0 Å². The Kier molecular flexibility index (Phi) is 6.96. The summed E-state index contributed by atoms with van der Waals surface area (Å²) in [5.74, 6) is -0.112. The third-order valence-corrected chi connectivity index (χ3v) is 4.05. The van der Waals surface area contributed by atoms with E-state index in [0.717, 1.165) is 26.1 Å². The van der Waals surface area contributed by atoms with Crippen LogP contribution in [0, 0.1) is 5.41 Å². The Labute approximate surface area is 124 Å². The molecule has 1 heterocycles. The van der Waals surface area contributed by atoms with Crippen LogP contribution in [0.15, 0.2) is 0 Å². The van der Waals surface area contributed by atoms with Crippen molar-refractivity contribution < 1.29 is 9.53 Å². The highest BCUT2D eigenvalue weighted by Crippen LogP contribution is 2.29. The average molecular weight is 284 g/mol. The summed E-state index contributed by atoms with van der Waals surface area (Å²) in [6, 6.07) is 0.120. The summed E-state index contributed by atoms with van der Waals surface area (Å²) in [5.41, 5.74) is 0.479. The van der Waals surface area contributed by atoms with E-state index in [2.05, 4.69) is 37.9 Å². The molecule has 4 heteroatoms. The molecule has 1 saturated heterocycles. The Morgan fingerprint density at radius 3 is 2.40 bits per heavy atom. The van der Waals surface area contributed by atoms with E-state index in [9.17, 15) is 4.79 Å². The van der Waals surface area contributed by atoms with Crippen molar-refractivity contribution in [3.8, 4) is 0 Å². The Morgan fingerprint density at radius 1 is 1.30 bits per heavy atom. The summed E-state index contributed by atoms with van der Waals surface area (Å²) in [6.45, 7) is 14.4. The number of piperidine rings is 1. The molecule has 0 spiro atoms. The van der Waals surface area contributed by atoms with Crippen LogP contribution in [0.5, 0.6) is 0 Å². The minimum absolute atomic E-state index is 0.112.